The average Bonchev–Trinajstić information content (AvgIpc) is 2.66. The molecule has 1 aromatic carbocycles. The molecule has 0 saturated carbocycles. The molecule has 1 amide bonds. The highest BCUT2D eigenvalue weighted by molar-refractivity contribution is 5.79. The number of carbonyl (C=O) groups excluding carboxylic acids is 1. The van der Waals surface area contributed by atoms with Gasteiger partial charge in [0.25, 0.3) is 0 Å². The number of para-hydroxylation sites is 1. The lowest BCUT2D eigenvalue weighted by Crippen LogP contribution is -2.39. The van der Waals surface area contributed by atoms with Crippen LogP contribution in [-0.4, -0.2) is 67.8 Å². The molecule has 1 aliphatic heterocycles. The Balaban J connectivity index is 1.98. The Bertz CT molecular complexity index is 476. The second-order valence-electron chi connectivity index (χ2n) is 5.85. The van der Waals surface area contributed by atoms with E-state index >= 15 is 0 Å². The van der Waals surface area contributed by atoms with Gasteiger partial charge in [0.1, 0.15) is 5.75 Å². The first-order valence-electron chi connectivity index (χ1n) is 7.33. The standard InChI is InChI=1S/C16H24N2O3/c1-17(2)10-13-11-18(7-8-21-12-13)16(20)9-14-5-3-4-6-15(14)19/h3-6,13,19H,7-12H2,1-2H3/t13-/m1/s1. The first-order valence-corrected chi connectivity index (χ1v) is 7.33. The summed E-state index contributed by atoms with van der Waals surface area (Å²) in [6.45, 7) is 3.51. The van der Waals surface area contributed by atoms with Crippen LogP contribution < -0.4 is 0 Å². The molecule has 5 nitrogen and oxygen atoms in total. The summed E-state index contributed by atoms with van der Waals surface area (Å²) in [5.41, 5.74) is 0.678. The van der Waals surface area contributed by atoms with Crippen molar-refractivity contribution in [2.75, 3.05) is 46.9 Å². The highest BCUT2D eigenvalue weighted by Gasteiger charge is 2.23. The first kappa shape index (κ1) is 15.8. The Morgan fingerprint density at radius 3 is 2.90 bits per heavy atom. The van der Waals surface area contributed by atoms with E-state index in [4.69, 9.17) is 4.74 Å². The highest BCUT2D eigenvalue weighted by atomic mass is 16.5. The number of hydrogen-bond donors (Lipinski definition) is 1. The van der Waals surface area contributed by atoms with Gasteiger partial charge in [0.05, 0.1) is 19.6 Å². The Labute approximate surface area is 126 Å². The Hall–Kier alpha value is -1.59. The van der Waals surface area contributed by atoms with Gasteiger partial charge in [0.2, 0.25) is 5.91 Å². The van der Waals surface area contributed by atoms with Gasteiger partial charge in [-0.2, -0.15) is 0 Å². The fraction of sp³-hybridized carbons (Fsp3) is 0.562. The van der Waals surface area contributed by atoms with E-state index < -0.39 is 0 Å². The van der Waals surface area contributed by atoms with E-state index in [1.165, 1.54) is 0 Å². The zero-order chi connectivity index (χ0) is 15.2. The summed E-state index contributed by atoms with van der Waals surface area (Å²) in [6, 6.07) is 7.00. The molecule has 0 radical (unpaired) electrons. The molecule has 116 valence electrons. The van der Waals surface area contributed by atoms with E-state index in [2.05, 4.69) is 4.90 Å². The Kier molecular flexibility index (Phi) is 5.59. The normalized spacial score (nSPS) is 19.6. The zero-order valence-electron chi connectivity index (χ0n) is 12.8. The van der Waals surface area contributed by atoms with Crippen molar-refractivity contribution in [3.63, 3.8) is 0 Å². The van der Waals surface area contributed by atoms with Crippen LogP contribution in [-0.2, 0) is 16.0 Å². The average molecular weight is 292 g/mol. The smallest absolute Gasteiger partial charge is 0.227 e. The summed E-state index contributed by atoms with van der Waals surface area (Å²) in [5, 5.41) is 9.78. The van der Waals surface area contributed by atoms with Gasteiger partial charge in [-0.15, -0.1) is 0 Å². The minimum atomic E-state index is 0.0470. The van der Waals surface area contributed by atoms with Gasteiger partial charge < -0.3 is 19.6 Å². The Morgan fingerprint density at radius 1 is 1.43 bits per heavy atom. The highest BCUT2D eigenvalue weighted by Crippen LogP contribution is 2.18. The molecule has 1 saturated heterocycles. The third kappa shape index (κ3) is 4.72. The maximum Gasteiger partial charge on any atom is 0.227 e. The molecule has 1 fully saturated rings. The molecule has 2 rings (SSSR count). The van der Waals surface area contributed by atoms with Crippen LogP contribution in [0.3, 0.4) is 0 Å². The van der Waals surface area contributed by atoms with Crippen LogP contribution in [0, 0.1) is 5.92 Å². The number of phenols is 1. The fourth-order valence-electron chi connectivity index (χ4n) is 2.67. The van der Waals surface area contributed by atoms with Crippen LogP contribution >= 0.6 is 0 Å². The van der Waals surface area contributed by atoms with Crippen molar-refractivity contribution in [1.82, 2.24) is 9.80 Å². The number of hydrogen-bond acceptors (Lipinski definition) is 4. The van der Waals surface area contributed by atoms with Crippen molar-refractivity contribution in [3.05, 3.63) is 29.8 Å². The second-order valence-corrected chi connectivity index (χ2v) is 5.85. The summed E-state index contributed by atoms with van der Waals surface area (Å²) in [6.07, 6.45) is 0.237. The van der Waals surface area contributed by atoms with Gasteiger partial charge in [0.15, 0.2) is 0 Å². The second kappa shape index (κ2) is 7.43. The summed E-state index contributed by atoms with van der Waals surface area (Å²) in [5.74, 6) is 0.559. The number of phenolic OH excluding ortho intramolecular Hbond substituents is 1. The van der Waals surface area contributed by atoms with Crippen LogP contribution in [0.2, 0.25) is 0 Å². The Morgan fingerprint density at radius 2 is 2.19 bits per heavy atom. The number of ether oxygens (including phenoxy) is 1. The molecular formula is C16H24N2O3. The first-order chi connectivity index (χ1) is 10.1. The monoisotopic (exact) mass is 292 g/mol. The molecule has 1 atom stereocenters. The van der Waals surface area contributed by atoms with Crippen LogP contribution in [0.5, 0.6) is 5.75 Å². The van der Waals surface area contributed by atoms with Crippen molar-refractivity contribution in [2.24, 2.45) is 5.92 Å². The number of carbonyl (C=O) groups is 1. The molecule has 0 spiro atoms. The number of rotatable bonds is 4. The molecule has 21 heavy (non-hydrogen) atoms. The van der Waals surface area contributed by atoms with E-state index in [1.54, 1.807) is 18.2 Å². The largest absolute Gasteiger partial charge is 0.508 e. The molecule has 1 aromatic rings. The summed E-state index contributed by atoms with van der Waals surface area (Å²) in [4.78, 5) is 16.4. The lowest BCUT2D eigenvalue weighted by Gasteiger charge is -2.25. The van der Waals surface area contributed by atoms with Crippen LogP contribution in [0.25, 0.3) is 0 Å². The molecule has 1 N–H and O–H groups in total. The third-order valence-electron chi connectivity index (χ3n) is 3.65. The molecule has 0 aromatic heterocycles. The summed E-state index contributed by atoms with van der Waals surface area (Å²) in [7, 11) is 4.05. The van der Waals surface area contributed by atoms with Gasteiger partial charge in [-0.05, 0) is 20.2 Å². The topological polar surface area (TPSA) is 53.0 Å². The lowest BCUT2D eigenvalue weighted by atomic mass is 10.1. The van der Waals surface area contributed by atoms with Gasteiger partial charge in [-0.3, -0.25) is 4.79 Å². The molecule has 1 aliphatic rings. The van der Waals surface area contributed by atoms with Crippen molar-refractivity contribution in [1.29, 1.82) is 0 Å². The molecule has 5 heteroatoms. The maximum absolute atomic E-state index is 12.4. The van der Waals surface area contributed by atoms with Gasteiger partial charge >= 0.3 is 0 Å². The molecule has 0 aliphatic carbocycles. The van der Waals surface area contributed by atoms with Crippen molar-refractivity contribution in [3.8, 4) is 5.75 Å². The van der Waals surface area contributed by atoms with E-state index in [-0.39, 0.29) is 18.1 Å². The van der Waals surface area contributed by atoms with Crippen LogP contribution in [0.1, 0.15) is 5.56 Å². The number of nitrogens with zero attached hydrogens (tertiary/aromatic N) is 2. The van der Waals surface area contributed by atoms with E-state index in [9.17, 15) is 9.90 Å². The summed E-state index contributed by atoms with van der Waals surface area (Å²) >= 11 is 0. The fourth-order valence-corrected chi connectivity index (χ4v) is 2.67. The van der Waals surface area contributed by atoms with E-state index in [0.717, 1.165) is 6.54 Å². The minimum absolute atomic E-state index is 0.0470. The van der Waals surface area contributed by atoms with E-state index in [1.807, 2.05) is 25.1 Å². The maximum atomic E-state index is 12.4. The number of amides is 1. The van der Waals surface area contributed by atoms with Gasteiger partial charge in [0, 0.05) is 31.1 Å². The lowest BCUT2D eigenvalue weighted by molar-refractivity contribution is -0.130. The summed E-state index contributed by atoms with van der Waals surface area (Å²) < 4.78 is 5.59. The zero-order valence-corrected chi connectivity index (χ0v) is 12.8. The predicted molar refractivity (Wildman–Crippen MR) is 81.3 cm³/mol. The molecule has 0 bridgehead atoms. The van der Waals surface area contributed by atoms with E-state index in [0.29, 0.717) is 37.8 Å². The minimum Gasteiger partial charge on any atom is -0.508 e. The van der Waals surface area contributed by atoms with Gasteiger partial charge in [-0.1, -0.05) is 18.2 Å². The third-order valence-corrected chi connectivity index (χ3v) is 3.65. The quantitative estimate of drug-likeness (QED) is 0.898. The van der Waals surface area contributed by atoms with Gasteiger partial charge in [-0.25, -0.2) is 0 Å². The predicted octanol–water partition coefficient (Wildman–Crippen LogP) is 0.971. The molecular weight excluding hydrogens is 268 g/mol. The SMILES string of the molecule is CN(C)C[C@H]1COCCN(C(=O)Cc2ccccc2O)C1. The molecule has 0 unspecified atom stereocenters. The van der Waals surface area contributed by atoms with Crippen LogP contribution in [0.4, 0.5) is 0 Å². The van der Waals surface area contributed by atoms with Crippen molar-refractivity contribution < 1.29 is 14.6 Å². The molecule has 1 heterocycles. The van der Waals surface area contributed by atoms with Crippen LogP contribution in [0.15, 0.2) is 24.3 Å². The number of aromatic hydroxyl groups is 1. The van der Waals surface area contributed by atoms with Crippen molar-refractivity contribution >= 4 is 5.91 Å². The van der Waals surface area contributed by atoms with Crippen molar-refractivity contribution in [2.45, 2.75) is 6.42 Å². The number of benzene rings is 1.